The van der Waals surface area contributed by atoms with Gasteiger partial charge in [0.2, 0.25) is 0 Å². The second-order valence-electron chi connectivity index (χ2n) is 6.54. The first-order chi connectivity index (χ1) is 11.5. The Bertz CT molecular complexity index is 918. The molecule has 2 aromatic carbocycles. The number of amides is 1. The van der Waals surface area contributed by atoms with Gasteiger partial charge >= 0.3 is 0 Å². The maximum Gasteiger partial charge on any atom is 0.251 e. The average molecular weight is 341 g/mol. The third-order valence-electron chi connectivity index (χ3n) is 4.93. The number of carbonyl (C=O) groups excluding carboxylic acids is 1. The van der Waals surface area contributed by atoms with E-state index in [2.05, 4.69) is 5.32 Å². The molecular formula is C19H19NO3S. The molecule has 0 saturated heterocycles. The lowest BCUT2D eigenvalue weighted by Gasteiger charge is -2.17. The molecule has 0 radical (unpaired) electrons. The van der Waals surface area contributed by atoms with Gasteiger partial charge in [0.1, 0.15) is 0 Å². The highest BCUT2D eigenvalue weighted by Crippen LogP contribution is 2.33. The van der Waals surface area contributed by atoms with Crippen LogP contribution in [-0.2, 0) is 22.7 Å². The molecule has 0 fully saturated rings. The van der Waals surface area contributed by atoms with Crippen molar-refractivity contribution in [2.24, 2.45) is 0 Å². The Morgan fingerprint density at radius 3 is 2.58 bits per heavy atom. The lowest BCUT2D eigenvalue weighted by atomic mass is 9.90. The lowest BCUT2D eigenvalue weighted by molar-refractivity contribution is 0.0940. The molecule has 4 rings (SSSR count). The molecule has 24 heavy (non-hydrogen) atoms. The Labute approximate surface area is 141 Å². The van der Waals surface area contributed by atoms with Crippen LogP contribution < -0.4 is 5.32 Å². The summed E-state index contributed by atoms with van der Waals surface area (Å²) in [5, 5.41) is 2.90. The summed E-state index contributed by atoms with van der Waals surface area (Å²) in [7, 11) is -3.31. The zero-order valence-corrected chi connectivity index (χ0v) is 14.1. The van der Waals surface area contributed by atoms with E-state index in [1.165, 1.54) is 17.5 Å². The number of nitrogens with one attached hydrogen (secondary N) is 1. The number of hydrogen-bond donors (Lipinski definition) is 1. The van der Waals surface area contributed by atoms with Gasteiger partial charge in [-0.3, -0.25) is 4.79 Å². The van der Waals surface area contributed by atoms with Crippen LogP contribution in [0.15, 0.2) is 47.4 Å². The number of aryl methyl sites for hydroxylation is 2. The van der Waals surface area contributed by atoms with E-state index >= 15 is 0 Å². The minimum Gasteiger partial charge on any atom is -0.344 e. The maximum atomic E-state index is 12.6. The Morgan fingerprint density at radius 2 is 1.75 bits per heavy atom. The van der Waals surface area contributed by atoms with Crippen LogP contribution >= 0.6 is 0 Å². The smallest absolute Gasteiger partial charge is 0.251 e. The molecule has 2 aromatic rings. The van der Waals surface area contributed by atoms with Crippen molar-refractivity contribution in [2.75, 3.05) is 5.75 Å². The molecule has 0 aromatic heterocycles. The first-order valence-electron chi connectivity index (χ1n) is 8.29. The number of carbonyl (C=O) groups is 1. The van der Waals surface area contributed by atoms with Gasteiger partial charge in [0.15, 0.2) is 9.84 Å². The zero-order chi connectivity index (χ0) is 16.7. The molecule has 0 spiro atoms. The largest absolute Gasteiger partial charge is 0.344 e. The van der Waals surface area contributed by atoms with Crippen molar-refractivity contribution in [3.05, 3.63) is 64.7 Å². The molecule has 5 heteroatoms. The molecule has 1 N–H and O–H groups in total. The fourth-order valence-corrected chi connectivity index (χ4v) is 5.42. The van der Waals surface area contributed by atoms with Gasteiger partial charge in [0, 0.05) is 5.56 Å². The summed E-state index contributed by atoms with van der Waals surface area (Å²) in [6.45, 7) is 0. The fraction of sp³-hybridized carbons (Fsp3) is 0.316. The highest BCUT2D eigenvalue weighted by molar-refractivity contribution is 7.91. The van der Waals surface area contributed by atoms with Crippen LogP contribution in [0.5, 0.6) is 0 Å². The molecule has 1 aliphatic heterocycles. The van der Waals surface area contributed by atoms with Crippen molar-refractivity contribution in [1.29, 1.82) is 0 Å². The standard InChI is InChI=1S/C19H19NO3S/c21-19(15-10-9-13-5-1-2-6-14(13)11-15)20-17-12-24(22,23)18-8-4-3-7-16(17)18/h3-4,7-11,17H,1-2,5-6,12H2,(H,20,21)/t17-/m1/s1. The van der Waals surface area contributed by atoms with E-state index in [9.17, 15) is 13.2 Å². The van der Waals surface area contributed by atoms with Crippen molar-refractivity contribution in [3.63, 3.8) is 0 Å². The normalized spacial score (nSPS) is 20.9. The molecule has 0 bridgehead atoms. The van der Waals surface area contributed by atoms with Crippen LogP contribution in [0.2, 0.25) is 0 Å². The van der Waals surface area contributed by atoms with Gasteiger partial charge in [-0.05, 0) is 60.6 Å². The number of benzene rings is 2. The monoisotopic (exact) mass is 341 g/mol. The Balaban J connectivity index is 1.59. The van der Waals surface area contributed by atoms with Gasteiger partial charge < -0.3 is 5.32 Å². The Morgan fingerprint density at radius 1 is 1.00 bits per heavy atom. The molecule has 124 valence electrons. The predicted octanol–water partition coefficient (Wildman–Crippen LogP) is 2.82. The third kappa shape index (κ3) is 2.63. The van der Waals surface area contributed by atoms with Crippen molar-refractivity contribution in [2.45, 2.75) is 36.6 Å². The van der Waals surface area contributed by atoms with E-state index in [4.69, 9.17) is 0 Å². The van der Waals surface area contributed by atoms with Crippen molar-refractivity contribution in [1.82, 2.24) is 5.32 Å². The summed E-state index contributed by atoms with van der Waals surface area (Å²) in [6.07, 6.45) is 4.45. The molecule has 1 heterocycles. The van der Waals surface area contributed by atoms with E-state index in [0.29, 0.717) is 16.0 Å². The predicted molar refractivity (Wildman–Crippen MR) is 91.8 cm³/mol. The van der Waals surface area contributed by atoms with E-state index in [1.807, 2.05) is 18.2 Å². The van der Waals surface area contributed by atoms with Crippen LogP contribution in [0.3, 0.4) is 0 Å². The van der Waals surface area contributed by atoms with Crippen LogP contribution in [0.4, 0.5) is 0 Å². The maximum absolute atomic E-state index is 12.6. The summed E-state index contributed by atoms with van der Waals surface area (Å²) in [6, 6.07) is 12.3. The van der Waals surface area contributed by atoms with Crippen LogP contribution in [0.1, 0.15) is 45.9 Å². The van der Waals surface area contributed by atoms with E-state index in [-0.39, 0.29) is 11.7 Å². The number of sulfone groups is 1. The topological polar surface area (TPSA) is 63.2 Å². The third-order valence-corrected chi connectivity index (χ3v) is 6.75. The summed E-state index contributed by atoms with van der Waals surface area (Å²) < 4.78 is 24.4. The summed E-state index contributed by atoms with van der Waals surface area (Å²) in [4.78, 5) is 12.9. The van der Waals surface area contributed by atoms with Crippen molar-refractivity contribution >= 4 is 15.7 Å². The van der Waals surface area contributed by atoms with Gasteiger partial charge in [-0.1, -0.05) is 24.3 Å². The molecule has 2 aliphatic rings. The zero-order valence-electron chi connectivity index (χ0n) is 13.3. The molecule has 1 aliphatic carbocycles. The molecule has 4 nitrogen and oxygen atoms in total. The van der Waals surface area contributed by atoms with Gasteiger partial charge in [0.05, 0.1) is 16.7 Å². The minimum atomic E-state index is -3.31. The first-order valence-corrected chi connectivity index (χ1v) is 9.94. The van der Waals surface area contributed by atoms with Crippen LogP contribution in [-0.4, -0.2) is 20.1 Å². The average Bonchev–Trinajstić information content (AvgIpc) is 2.85. The summed E-state index contributed by atoms with van der Waals surface area (Å²) in [5.41, 5.74) is 3.86. The van der Waals surface area contributed by atoms with Gasteiger partial charge in [0.25, 0.3) is 5.91 Å². The summed E-state index contributed by atoms with van der Waals surface area (Å²) >= 11 is 0. The number of rotatable bonds is 2. The van der Waals surface area contributed by atoms with Crippen molar-refractivity contribution < 1.29 is 13.2 Å². The SMILES string of the molecule is O=C(N[C@@H]1CS(=O)(=O)c2ccccc21)c1ccc2c(c1)CCCC2. The van der Waals surface area contributed by atoms with E-state index in [1.54, 1.807) is 24.3 Å². The second kappa shape index (κ2) is 5.74. The van der Waals surface area contributed by atoms with E-state index in [0.717, 1.165) is 19.3 Å². The quantitative estimate of drug-likeness (QED) is 0.913. The molecule has 1 atom stereocenters. The second-order valence-corrected chi connectivity index (χ2v) is 8.54. The fourth-order valence-electron chi connectivity index (χ4n) is 3.69. The minimum absolute atomic E-state index is 0.0664. The van der Waals surface area contributed by atoms with E-state index < -0.39 is 15.9 Å². The number of hydrogen-bond acceptors (Lipinski definition) is 3. The molecule has 0 unspecified atom stereocenters. The summed E-state index contributed by atoms with van der Waals surface area (Å²) in [5.74, 6) is -0.275. The Hall–Kier alpha value is -2.14. The van der Waals surface area contributed by atoms with Gasteiger partial charge in [-0.15, -0.1) is 0 Å². The Kier molecular flexibility index (Phi) is 3.68. The van der Waals surface area contributed by atoms with Gasteiger partial charge in [-0.2, -0.15) is 0 Å². The highest BCUT2D eigenvalue weighted by Gasteiger charge is 2.35. The lowest BCUT2D eigenvalue weighted by Crippen LogP contribution is -2.29. The van der Waals surface area contributed by atoms with Gasteiger partial charge in [-0.25, -0.2) is 8.42 Å². The van der Waals surface area contributed by atoms with Crippen LogP contribution in [0.25, 0.3) is 0 Å². The molecule has 0 saturated carbocycles. The first kappa shape index (κ1) is 15.4. The highest BCUT2D eigenvalue weighted by atomic mass is 32.2. The van der Waals surface area contributed by atoms with Crippen molar-refractivity contribution in [3.8, 4) is 0 Å². The van der Waals surface area contributed by atoms with Crippen LogP contribution in [0, 0.1) is 0 Å². The number of fused-ring (bicyclic) bond motifs is 2. The molecule has 1 amide bonds. The molecular weight excluding hydrogens is 322 g/mol.